The first kappa shape index (κ1) is 33.2. The molecule has 1 aromatic heterocycles. The molecule has 1 amide bonds. The Hall–Kier alpha value is -5.69. The molecule has 1 aliphatic heterocycles. The summed E-state index contributed by atoms with van der Waals surface area (Å²) in [5.74, 6) is 1.30. The zero-order valence-corrected chi connectivity index (χ0v) is 26.7. The fourth-order valence-electron chi connectivity index (χ4n) is 5.93. The van der Waals surface area contributed by atoms with Gasteiger partial charge in [-0.05, 0) is 53.1 Å². The summed E-state index contributed by atoms with van der Waals surface area (Å²) in [4.78, 5) is 39.9. The highest BCUT2D eigenvalue weighted by Crippen LogP contribution is 2.43. The highest BCUT2D eigenvalue weighted by Gasteiger charge is 2.49. The number of carbonyl (C=O) groups is 1. The number of nitrogens with zero attached hydrogens (tertiary/aromatic N) is 1. The number of aromatic nitrogens is 2. The summed E-state index contributed by atoms with van der Waals surface area (Å²) in [5, 5.41) is 14.2. The number of carbonyl (C=O) groups excluding carboxylic acids is 1. The summed E-state index contributed by atoms with van der Waals surface area (Å²) in [5.41, 5.74) is 0.0707. The van der Waals surface area contributed by atoms with Crippen LogP contribution in [0.15, 0.2) is 131 Å². The van der Waals surface area contributed by atoms with E-state index in [1.807, 2.05) is 78.9 Å². The number of benzene rings is 4. The first-order valence-corrected chi connectivity index (χ1v) is 15.5. The number of ether oxygens (including phenoxy) is 5. The van der Waals surface area contributed by atoms with Crippen molar-refractivity contribution in [3.05, 3.63) is 159 Å². The Bertz CT molecular complexity index is 1920. The zero-order valence-electron chi connectivity index (χ0n) is 26.7. The third kappa shape index (κ3) is 6.97. The van der Waals surface area contributed by atoms with Gasteiger partial charge in [0.1, 0.15) is 29.3 Å². The van der Waals surface area contributed by atoms with Crippen LogP contribution in [0.1, 0.15) is 22.9 Å². The number of amides is 1. The van der Waals surface area contributed by atoms with E-state index in [1.54, 1.807) is 44.6 Å². The number of rotatable bonds is 11. The molecule has 1 saturated heterocycles. The van der Waals surface area contributed by atoms with Gasteiger partial charge in [-0.1, -0.05) is 72.8 Å². The highest BCUT2D eigenvalue weighted by molar-refractivity contribution is 5.84. The molecule has 3 N–H and O–H groups in total. The summed E-state index contributed by atoms with van der Waals surface area (Å²) in [7, 11) is 3.17. The molecule has 4 atom stereocenters. The number of methoxy groups -OCH3 is 2. The molecule has 0 spiro atoms. The minimum atomic E-state index is -1.52. The van der Waals surface area contributed by atoms with Crippen molar-refractivity contribution in [1.82, 2.24) is 9.55 Å². The first-order valence-electron chi connectivity index (χ1n) is 15.5. The van der Waals surface area contributed by atoms with Crippen molar-refractivity contribution in [2.75, 3.05) is 26.1 Å². The van der Waals surface area contributed by atoms with Crippen molar-refractivity contribution in [1.29, 1.82) is 0 Å². The van der Waals surface area contributed by atoms with E-state index >= 15 is 0 Å². The second-order valence-corrected chi connectivity index (χ2v) is 11.2. The molecular weight excluding hydrogens is 630 g/mol. The minimum Gasteiger partial charge on any atom is -0.497 e. The van der Waals surface area contributed by atoms with Crippen LogP contribution in [-0.2, 0) is 19.8 Å². The van der Waals surface area contributed by atoms with Crippen LogP contribution in [0.3, 0.4) is 0 Å². The van der Waals surface area contributed by atoms with Gasteiger partial charge in [0, 0.05) is 18.0 Å². The van der Waals surface area contributed by atoms with Crippen molar-refractivity contribution in [3.63, 3.8) is 0 Å². The number of aromatic amines is 1. The summed E-state index contributed by atoms with van der Waals surface area (Å²) >= 11 is 0. The van der Waals surface area contributed by atoms with E-state index in [2.05, 4.69) is 10.3 Å². The molecule has 1 aliphatic rings. The first-order chi connectivity index (χ1) is 23.8. The molecule has 0 bridgehead atoms. The normalized spacial score (nSPS) is 18.8. The Balaban J connectivity index is 1.41. The van der Waals surface area contributed by atoms with Crippen LogP contribution in [0.4, 0.5) is 10.5 Å². The van der Waals surface area contributed by atoms with Gasteiger partial charge in [-0.15, -0.1) is 0 Å². The lowest BCUT2D eigenvalue weighted by Crippen LogP contribution is -2.42. The molecule has 2 heterocycles. The van der Waals surface area contributed by atoms with Crippen LogP contribution in [0.2, 0.25) is 0 Å². The topological polar surface area (TPSA) is 150 Å². The Kier molecular flexibility index (Phi) is 9.90. The number of anilines is 1. The smallest absolute Gasteiger partial charge is 0.412 e. The maximum absolute atomic E-state index is 13.1. The molecule has 12 nitrogen and oxygen atoms in total. The van der Waals surface area contributed by atoms with Crippen LogP contribution >= 0.6 is 0 Å². The lowest BCUT2D eigenvalue weighted by atomic mass is 9.80. The number of hydrogen-bond acceptors (Lipinski definition) is 9. The SMILES string of the molecule is COc1ccc(C(OC[C@@H]2O[C@H](n3ccc(=O)[nH]c3=O)C(O)C2OC(=O)Nc2ccccc2)(c2ccccc2)c2ccc(OC)cc2)cc1. The Morgan fingerprint density at radius 3 is 1.92 bits per heavy atom. The molecule has 49 heavy (non-hydrogen) atoms. The average Bonchev–Trinajstić information content (AvgIpc) is 3.43. The number of nitrogens with one attached hydrogen (secondary N) is 2. The van der Waals surface area contributed by atoms with E-state index in [0.717, 1.165) is 27.3 Å². The fourth-order valence-corrected chi connectivity index (χ4v) is 5.93. The van der Waals surface area contributed by atoms with Crippen molar-refractivity contribution in [2.24, 2.45) is 0 Å². The number of H-pyrrole nitrogens is 1. The maximum atomic E-state index is 13.1. The molecule has 0 aliphatic carbocycles. The fraction of sp³-hybridized carbons (Fsp3) is 0.216. The minimum absolute atomic E-state index is 0.220. The molecule has 1 fully saturated rings. The van der Waals surface area contributed by atoms with Crippen molar-refractivity contribution < 1.29 is 33.6 Å². The molecule has 12 heteroatoms. The Morgan fingerprint density at radius 1 is 0.816 bits per heavy atom. The number of para-hydroxylation sites is 1. The molecule has 0 saturated carbocycles. The largest absolute Gasteiger partial charge is 0.497 e. The summed E-state index contributed by atoms with van der Waals surface area (Å²) in [6.45, 7) is -0.220. The van der Waals surface area contributed by atoms with Gasteiger partial charge in [-0.25, -0.2) is 9.59 Å². The Labute approximate surface area is 281 Å². The lowest BCUT2D eigenvalue weighted by molar-refractivity contribution is -0.0960. The van der Waals surface area contributed by atoms with E-state index in [9.17, 15) is 19.5 Å². The second kappa shape index (κ2) is 14.6. The van der Waals surface area contributed by atoms with E-state index in [4.69, 9.17) is 23.7 Å². The predicted octanol–water partition coefficient (Wildman–Crippen LogP) is 4.44. The Morgan fingerprint density at radius 2 is 1.37 bits per heavy atom. The molecular formula is C37H35N3O9. The molecule has 252 valence electrons. The van der Waals surface area contributed by atoms with Gasteiger partial charge in [0.2, 0.25) is 0 Å². The van der Waals surface area contributed by atoms with Gasteiger partial charge < -0.3 is 28.8 Å². The van der Waals surface area contributed by atoms with E-state index in [1.165, 1.54) is 6.20 Å². The van der Waals surface area contributed by atoms with E-state index < -0.39 is 47.5 Å². The summed E-state index contributed by atoms with van der Waals surface area (Å²) in [6.07, 6.45) is -4.86. The average molecular weight is 666 g/mol. The molecule has 0 radical (unpaired) electrons. The highest BCUT2D eigenvalue weighted by atomic mass is 16.6. The maximum Gasteiger partial charge on any atom is 0.412 e. The summed E-state index contributed by atoms with van der Waals surface area (Å²) < 4.78 is 30.9. The molecule has 6 rings (SSSR count). The summed E-state index contributed by atoms with van der Waals surface area (Å²) in [6, 6.07) is 34.2. The number of hydrogen-bond donors (Lipinski definition) is 3. The number of aliphatic hydroxyl groups excluding tert-OH is 1. The van der Waals surface area contributed by atoms with Gasteiger partial charge >= 0.3 is 11.8 Å². The van der Waals surface area contributed by atoms with Crippen LogP contribution in [-0.4, -0.2) is 59.9 Å². The predicted molar refractivity (Wildman–Crippen MR) is 180 cm³/mol. The van der Waals surface area contributed by atoms with Crippen molar-refractivity contribution in [2.45, 2.75) is 30.1 Å². The van der Waals surface area contributed by atoms with Crippen LogP contribution in [0.5, 0.6) is 11.5 Å². The van der Waals surface area contributed by atoms with Gasteiger partial charge in [0.05, 0.1) is 20.8 Å². The number of aliphatic hydroxyl groups is 1. The van der Waals surface area contributed by atoms with Gasteiger partial charge in [-0.3, -0.25) is 19.7 Å². The quantitative estimate of drug-likeness (QED) is 0.174. The monoisotopic (exact) mass is 665 g/mol. The third-order valence-corrected chi connectivity index (χ3v) is 8.34. The van der Waals surface area contributed by atoms with E-state index in [-0.39, 0.29) is 6.61 Å². The molecule has 4 aromatic carbocycles. The zero-order chi connectivity index (χ0) is 34.4. The van der Waals surface area contributed by atoms with Gasteiger partial charge in [0.25, 0.3) is 5.56 Å². The van der Waals surface area contributed by atoms with Crippen molar-refractivity contribution >= 4 is 11.8 Å². The van der Waals surface area contributed by atoms with Gasteiger partial charge in [-0.2, -0.15) is 0 Å². The van der Waals surface area contributed by atoms with Crippen LogP contribution in [0, 0.1) is 0 Å². The standard InChI is InChI=1S/C37H35N3O9/c1-45-28-17-13-25(14-18-28)37(24-9-5-3-6-10-24,26-15-19-29(46-2)20-16-26)47-23-30-33(49-36(44)38-27-11-7-4-8-12-27)32(42)34(48-30)40-22-21-31(41)39-35(40)43/h3-22,30,32-34,42H,23H2,1-2H3,(H,38,44)(H,39,41,43)/t30-,32?,33?,34-/m0/s1. The molecule has 5 aromatic rings. The van der Waals surface area contributed by atoms with Crippen molar-refractivity contribution in [3.8, 4) is 11.5 Å². The molecule has 2 unspecified atom stereocenters. The van der Waals surface area contributed by atoms with Gasteiger partial charge in [0.15, 0.2) is 12.3 Å². The second-order valence-electron chi connectivity index (χ2n) is 11.2. The third-order valence-electron chi connectivity index (χ3n) is 8.34. The van der Waals surface area contributed by atoms with E-state index in [0.29, 0.717) is 17.2 Å². The van der Waals surface area contributed by atoms with Crippen LogP contribution < -0.4 is 26.0 Å². The van der Waals surface area contributed by atoms with Crippen LogP contribution in [0.25, 0.3) is 0 Å². The lowest BCUT2D eigenvalue weighted by Gasteiger charge is -2.37.